The molecule has 1 aliphatic carbocycles. The van der Waals surface area contributed by atoms with E-state index in [0.29, 0.717) is 44.5 Å². The van der Waals surface area contributed by atoms with Gasteiger partial charge in [-0.1, -0.05) is 17.7 Å². The molecule has 0 radical (unpaired) electrons. The van der Waals surface area contributed by atoms with Crippen molar-refractivity contribution >= 4 is 12.0 Å². The maximum absolute atomic E-state index is 12.0. The number of nitrogens with zero attached hydrogens (tertiary/aromatic N) is 1. The molecule has 1 aromatic carbocycles. The van der Waals surface area contributed by atoms with E-state index < -0.39 is 5.97 Å². The molecule has 2 amide bonds. The first-order chi connectivity index (χ1) is 13.0. The number of carboxylic acids is 1. The highest BCUT2D eigenvalue weighted by Gasteiger charge is 2.26. The third-order valence-corrected chi connectivity index (χ3v) is 4.93. The van der Waals surface area contributed by atoms with Crippen LogP contribution in [0, 0.1) is 12.8 Å². The van der Waals surface area contributed by atoms with E-state index in [1.807, 2.05) is 31.2 Å². The molecule has 2 aromatic rings. The standard InChI is InChI=1S/C20H25N3O4/c1-13-2-4-14(5-3-13)18-22-17(12-27-18)10-11-21-20(26)23-16-8-6-15(7-9-16)19(24)25/h2-5,12,15-16H,6-11H2,1H3,(H,24,25)(H2,21,23,26). The molecule has 144 valence electrons. The first-order valence-corrected chi connectivity index (χ1v) is 9.30. The quantitative estimate of drug-likeness (QED) is 0.724. The van der Waals surface area contributed by atoms with Crippen LogP contribution in [-0.2, 0) is 11.2 Å². The van der Waals surface area contributed by atoms with Gasteiger partial charge in [-0.05, 0) is 44.7 Å². The fourth-order valence-corrected chi connectivity index (χ4v) is 3.28. The second-order valence-corrected chi connectivity index (χ2v) is 7.05. The van der Waals surface area contributed by atoms with E-state index in [2.05, 4.69) is 15.6 Å². The normalized spacial score (nSPS) is 19.4. The molecule has 0 saturated heterocycles. The number of aliphatic carboxylic acids is 1. The molecule has 3 N–H and O–H groups in total. The Labute approximate surface area is 158 Å². The van der Waals surface area contributed by atoms with Crippen LogP contribution in [0.1, 0.15) is 36.9 Å². The van der Waals surface area contributed by atoms with Crippen LogP contribution in [0.2, 0.25) is 0 Å². The number of hydrogen-bond donors (Lipinski definition) is 3. The number of carbonyl (C=O) groups is 2. The summed E-state index contributed by atoms with van der Waals surface area (Å²) in [7, 11) is 0. The summed E-state index contributed by atoms with van der Waals surface area (Å²) in [5, 5.41) is 14.7. The van der Waals surface area contributed by atoms with Crippen molar-refractivity contribution < 1.29 is 19.1 Å². The average molecular weight is 371 g/mol. The van der Waals surface area contributed by atoms with Crippen LogP contribution in [0.4, 0.5) is 4.79 Å². The van der Waals surface area contributed by atoms with Crippen LogP contribution in [0.15, 0.2) is 34.9 Å². The summed E-state index contributed by atoms with van der Waals surface area (Å²) < 4.78 is 5.51. The van der Waals surface area contributed by atoms with Gasteiger partial charge >= 0.3 is 12.0 Å². The highest BCUT2D eigenvalue weighted by Crippen LogP contribution is 2.24. The minimum absolute atomic E-state index is 0.0424. The Balaban J connectivity index is 1.39. The topological polar surface area (TPSA) is 104 Å². The zero-order chi connectivity index (χ0) is 19.2. The number of amides is 2. The van der Waals surface area contributed by atoms with Gasteiger partial charge in [0.15, 0.2) is 0 Å². The zero-order valence-electron chi connectivity index (χ0n) is 15.4. The van der Waals surface area contributed by atoms with Crippen LogP contribution in [-0.4, -0.2) is 34.7 Å². The highest BCUT2D eigenvalue weighted by atomic mass is 16.4. The fourth-order valence-electron chi connectivity index (χ4n) is 3.28. The van der Waals surface area contributed by atoms with Gasteiger partial charge in [-0.2, -0.15) is 0 Å². The molecule has 27 heavy (non-hydrogen) atoms. The Kier molecular flexibility index (Phi) is 6.11. The molecule has 1 fully saturated rings. The summed E-state index contributed by atoms with van der Waals surface area (Å²) in [5.41, 5.74) is 2.89. The van der Waals surface area contributed by atoms with E-state index in [1.54, 1.807) is 6.26 Å². The Morgan fingerprint density at radius 2 is 1.89 bits per heavy atom. The first kappa shape index (κ1) is 18.9. The highest BCUT2D eigenvalue weighted by molar-refractivity contribution is 5.74. The summed E-state index contributed by atoms with van der Waals surface area (Å²) in [4.78, 5) is 27.4. The van der Waals surface area contributed by atoms with Crippen LogP contribution in [0.3, 0.4) is 0 Å². The van der Waals surface area contributed by atoms with E-state index in [1.165, 1.54) is 5.56 Å². The lowest BCUT2D eigenvalue weighted by molar-refractivity contribution is -0.142. The van der Waals surface area contributed by atoms with E-state index in [9.17, 15) is 9.59 Å². The lowest BCUT2D eigenvalue weighted by Crippen LogP contribution is -2.44. The van der Waals surface area contributed by atoms with Crippen molar-refractivity contribution in [2.45, 2.75) is 45.1 Å². The SMILES string of the molecule is Cc1ccc(-c2nc(CCNC(=O)NC3CCC(C(=O)O)CC3)co2)cc1. The second-order valence-electron chi connectivity index (χ2n) is 7.05. The Hall–Kier alpha value is -2.83. The van der Waals surface area contributed by atoms with E-state index in [4.69, 9.17) is 9.52 Å². The number of aromatic nitrogens is 1. The Bertz CT molecular complexity index is 777. The minimum Gasteiger partial charge on any atom is -0.481 e. The van der Waals surface area contributed by atoms with Gasteiger partial charge < -0.3 is 20.2 Å². The molecule has 0 atom stereocenters. The average Bonchev–Trinajstić information content (AvgIpc) is 3.11. The largest absolute Gasteiger partial charge is 0.481 e. The summed E-state index contributed by atoms with van der Waals surface area (Å²) in [6.07, 6.45) is 4.82. The summed E-state index contributed by atoms with van der Waals surface area (Å²) in [5.74, 6) is -0.443. The fraction of sp³-hybridized carbons (Fsp3) is 0.450. The van der Waals surface area contributed by atoms with Gasteiger partial charge in [0.25, 0.3) is 0 Å². The smallest absolute Gasteiger partial charge is 0.315 e. The van der Waals surface area contributed by atoms with E-state index >= 15 is 0 Å². The molecular weight excluding hydrogens is 346 g/mol. The maximum Gasteiger partial charge on any atom is 0.315 e. The van der Waals surface area contributed by atoms with Gasteiger partial charge in [-0.25, -0.2) is 9.78 Å². The van der Waals surface area contributed by atoms with Crippen LogP contribution < -0.4 is 10.6 Å². The van der Waals surface area contributed by atoms with Gasteiger partial charge in [0.2, 0.25) is 5.89 Å². The summed E-state index contributed by atoms with van der Waals surface area (Å²) in [6.45, 7) is 2.48. The van der Waals surface area contributed by atoms with Gasteiger partial charge in [0.1, 0.15) is 6.26 Å². The van der Waals surface area contributed by atoms with Crippen molar-refractivity contribution in [1.29, 1.82) is 0 Å². The lowest BCUT2D eigenvalue weighted by Gasteiger charge is -2.26. The number of oxazole rings is 1. The number of aryl methyl sites for hydroxylation is 1. The lowest BCUT2D eigenvalue weighted by atomic mass is 9.86. The molecule has 7 nitrogen and oxygen atoms in total. The van der Waals surface area contributed by atoms with Gasteiger partial charge in [0, 0.05) is 24.6 Å². The second kappa shape index (κ2) is 8.70. The number of nitrogens with one attached hydrogen (secondary N) is 2. The first-order valence-electron chi connectivity index (χ1n) is 9.30. The number of carbonyl (C=O) groups excluding carboxylic acids is 1. The third-order valence-electron chi connectivity index (χ3n) is 4.93. The minimum atomic E-state index is -0.740. The predicted molar refractivity (Wildman–Crippen MR) is 100 cm³/mol. The Morgan fingerprint density at radius 3 is 2.56 bits per heavy atom. The third kappa shape index (κ3) is 5.32. The number of hydrogen-bond acceptors (Lipinski definition) is 4. The molecule has 3 rings (SSSR count). The number of benzene rings is 1. The number of rotatable bonds is 6. The van der Waals surface area contributed by atoms with Crippen molar-refractivity contribution in [3.8, 4) is 11.5 Å². The molecule has 0 aliphatic heterocycles. The molecule has 1 heterocycles. The molecule has 0 unspecified atom stereocenters. The van der Waals surface area contributed by atoms with Gasteiger partial charge in [0.05, 0.1) is 11.6 Å². The molecule has 1 aromatic heterocycles. The van der Waals surface area contributed by atoms with Gasteiger partial charge in [-0.15, -0.1) is 0 Å². The predicted octanol–water partition coefficient (Wildman–Crippen LogP) is 3.14. The van der Waals surface area contributed by atoms with E-state index in [-0.39, 0.29) is 18.0 Å². The van der Waals surface area contributed by atoms with Crippen LogP contribution >= 0.6 is 0 Å². The summed E-state index contributed by atoms with van der Waals surface area (Å²) >= 11 is 0. The number of urea groups is 1. The number of carboxylic acid groups (broad SMARTS) is 1. The molecule has 0 bridgehead atoms. The molecule has 0 spiro atoms. The van der Waals surface area contributed by atoms with Crippen molar-refractivity contribution in [1.82, 2.24) is 15.6 Å². The van der Waals surface area contributed by atoms with Crippen molar-refractivity contribution in [3.05, 3.63) is 41.8 Å². The Morgan fingerprint density at radius 1 is 1.19 bits per heavy atom. The molecular formula is C20H25N3O4. The van der Waals surface area contributed by atoms with Gasteiger partial charge in [-0.3, -0.25) is 4.79 Å². The summed E-state index contributed by atoms with van der Waals surface area (Å²) in [6, 6.07) is 7.77. The monoisotopic (exact) mass is 371 g/mol. The van der Waals surface area contributed by atoms with Crippen molar-refractivity contribution in [3.63, 3.8) is 0 Å². The van der Waals surface area contributed by atoms with Crippen LogP contribution in [0.25, 0.3) is 11.5 Å². The molecule has 1 saturated carbocycles. The van der Waals surface area contributed by atoms with Crippen LogP contribution in [0.5, 0.6) is 0 Å². The molecule has 1 aliphatic rings. The van der Waals surface area contributed by atoms with E-state index in [0.717, 1.165) is 11.3 Å². The molecule has 7 heteroatoms. The maximum atomic E-state index is 12.0. The van der Waals surface area contributed by atoms with Crippen molar-refractivity contribution in [2.75, 3.05) is 6.54 Å². The van der Waals surface area contributed by atoms with Crippen molar-refractivity contribution in [2.24, 2.45) is 5.92 Å². The zero-order valence-corrected chi connectivity index (χ0v) is 15.4.